The number of anilines is 1. The van der Waals surface area contributed by atoms with E-state index >= 15 is 0 Å². The SMILES string of the molecule is C[C@H]1COC(N)=NC1c1cc(NC2CCc3cc(Br)cnc32)ccc1F. The molecule has 1 aliphatic carbocycles. The highest BCUT2D eigenvalue weighted by atomic mass is 79.9. The van der Waals surface area contributed by atoms with Gasteiger partial charge in [0.15, 0.2) is 0 Å². The average Bonchev–Trinajstić information content (AvgIpc) is 3.00. The van der Waals surface area contributed by atoms with Crippen molar-refractivity contribution in [1.29, 1.82) is 0 Å². The molecule has 0 fully saturated rings. The molecule has 0 bridgehead atoms. The van der Waals surface area contributed by atoms with E-state index in [1.54, 1.807) is 6.07 Å². The first-order valence-corrected chi connectivity index (χ1v) is 9.47. The molecule has 2 aromatic rings. The number of pyridine rings is 1. The van der Waals surface area contributed by atoms with E-state index in [0.29, 0.717) is 12.2 Å². The Bertz CT molecular complexity index is 873. The van der Waals surface area contributed by atoms with Gasteiger partial charge in [0, 0.05) is 27.8 Å². The summed E-state index contributed by atoms with van der Waals surface area (Å²) in [5.41, 5.74) is 9.38. The second-order valence-corrected chi connectivity index (χ2v) is 7.79. The van der Waals surface area contributed by atoms with Crippen LogP contribution >= 0.6 is 15.9 Å². The summed E-state index contributed by atoms with van der Waals surface area (Å²) in [6, 6.07) is 7.08. The van der Waals surface area contributed by atoms with Crippen molar-refractivity contribution >= 4 is 27.6 Å². The van der Waals surface area contributed by atoms with Crippen LogP contribution in [0.3, 0.4) is 0 Å². The minimum Gasteiger partial charge on any atom is -0.465 e. The highest BCUT2D eigenvalue weighted by Gasteiger charge is 2.28. The van der Waals surface area contributed by atoms with Gasteiger partial charge in [-0.2, -0.15) is 0 Å². The number of nitrogens with two attached hydrogens (primary N) is 1. The summed E-state index contributed by atoms with van der Waals surface area (Å²) in [5.74, 6) is -0.224. The summed E-state index contributed by atoms with van der Waals surface area (Å²) in [7, 11) is 0. The van der Waals surface area contributed by atoms with Gasteiger partial charge in [-0.1, -0.05) is 6.92 Å². The van der Waals surface area contributed by atoms with E-state index in [9.17, 15) is 4.39 Å². The van der Waals surface area contributed by atoms with Gasteiger partial charge < -0.3 is 15.8 Å². The molecule has 0 saturated carbocycles. The second-order valence-electron chi connectivity index (χ2n) is 6.87. The molecule has 2 heterocycles. The maximum atomic E-state index is 14.5. The first-order valence-electron chi connectivity index (χ1n) is 8.67. The summed E-state index contributed by atoms with van der Waals surface area (Å²) in [6.45, 7) is 2.42. The molecular weight excluding hydrogens is 399 g/mol. The fourth-order valence-corrected chi connectivity index (χ4v) is 4.01. The van der Waals surface area contributed by atoms with E-state index in [-0.39, 0.29) is 29.8 Å². The number of ether oxygens (including phenoxy) is 1. The lowest BCUT2D eigenvalue weighted by molar-refractivity contribution is 0.195. The Labute approximate surface area is 160 Å². The van der Waals surface area contributed by atoms with Gasteiger partial charge in [0.25, 0.3) is 6.02 Å². The zero-order valence-corrected chi connectivity index (χ0v) is 16.0. The summed E-state index contributed by atoms with van der Waals surface area (Å²) in [4.78, 5) is 8.85. The number of rotatable bonds is 3. The lowest BCUT2D eigenvalue weighted by Crippen LogP contribution is -2.29. The first kappa shape index (κ1) is 17.3. The normalized spacial score (nSPS) is 24.6. The molecule has 2 aliphatic rings. The molecule has 5 nitrogen and oxygen atoms in total. The third-order valence-corrected chi connectivity index (χ3v) is 5.39. The fraction of sp³-hybridized carbons (Fsp3) is 0.368. The molecule has 1 aliphatic heterocycles. The van der Waals surface area contributed by atoms with Gasteiger partial charge in [-0.3, -0.25) is 4.98 Å². The van der Waals surface area contributed by atoms with Gasteiger partial charge in [0.05, 0.1) is 24.4 Å². The van der Waals surface area contributed by atoms with Crippen LogP contribution in [-0.4, -0.2) is 17.6 Å². The molecule has 2 unspecified atom stereocenters. The van der Waals surface area contributed by atoms with Crippen LogP contribution in [0.4, 0.5) is 10.1 Å². The van der Waals surface area contributed by atoms with Crippen molar-refractivity contribution in [2.24, 2.45) is 16.6 Å². The van der Waals surface area contributed by atoms with E-state index < -0.39 is 0 Å². The molecule has 1 aromatic heterocycles. The molecule has 136 valence electrons. The molecule has 26 heavy (non-hydrogen) atoms. The minimum atomic E-state index is -0.338. The van der Waals surface area contributed by atoms with Gasteiger partial charge in [0.1, 0.15) is 5.82 Å². The largest absolute Gasteiger partial charge is 0.465 e. The number of aryl methyl sites for hydroxylation is 1. The van der Waals surface area contributed by atoms with Crippen molar-refractivity contribution in [1.82, 2.24) is 4.98 Å². The average molecular weight is 419 g/mol. The maximum Gasteiger partial charge on any atom is 0.282 e. The van der Waals surface area contributed by atoms with Crippen molar-refractivity contribution in [3.63, 3.8) is 0 Å². The number of hydrogen-bond donors (Lipinski definition) is 2. The zero-order chi connectivity index (χ0) is 18.3. The summed E-state index contributed by atoms with van der Waals surface area (Å²) < 4.78 is 20.7. The molecule has 0 amide bonds. The van der Waals surface area contributed by atoms with Gasteiger partial charge in [-0.25, -0.2) is 9.38 Å². The third kappa shape index (κ3) is 3.28. The monoisotopic (exact) mass is 418 g/mol. The number of amidine groups is 1. The van der Waals surface area contributed by atoms with Gasteiger partial charge in [-0.15, -0.1) is 0 Å². The van der Waals surface area contributed by atoms with Crippen LogP contribution in [0.5, 0.6) is 0 Å². The minimum absolute atomic E-state index is 0.0540. The number of fused-ring (bicyclic) bond motifs is 1. The highest BCUT2D eigenvalue weighted by molar-refractivity contribution is 9.10. The molecule has 3 N–H and O–H groups in total. The van der Waals surface area contributed by atoms with Crippen molar-refractivity contribution < 1.29 is 9.13 Å². The van der Waals surface area contributed by atoms with Gasteiger partial charge in [0.2, 0.25) is 0 Å². The lowest BCUT2D eigenvalue weighted by atomic mass is 9.94. The number of aromatic nitrogens is 1. The quantitative estimate of drug-likeness (QED) is 0.786. The molecule has 7 heteroatoms. The van der Waals surface area contributed by atoms with Crippen LogP contribution in [0.15, 0.2) is 39.9 Å². The van der Waals surface area contributed by atoms with Crippen molar-refractivity contribution in [2.45, 2.75) is 31.8 Å². The van der Waals surface area contributed by atoms with Crippen LogP contribution < -0.4 is 11.1 Å². The van der Waals surface area contributed by atoms with E-state index in [4.69, 9.17) is 10.5 Å². The van der Waals surface area contributed by atoms with Crippen molar-refractivity contribution in [3.05, 3.63) is 57.6 Å². The zero-order valence-electron chi connectivity index (χ0n) is 14.4. The van der Waals surface area contributed by atoms with Gasteiger partial charge in [-0.05, 0) is 58.6 Å². The smallest absolute Gasteiger partial charge is 0.282 e. The number of halogens is 2. The Kier molecular flexibility index (Phi) is 4.56. The molecular formula is C19H20BrFN4O. The number of hydrogen-bond acceptors (Lipinski definition) is 5. The Morgan fingerprint density at radius 2 is 2.19 bits per heavy atom. The second kappa shape index (κ2) is 6.87. The number of benzene rings is 1. The van der Waals surface area contributed by atoms with E-state index in [1.807, 2.05) is 19.2 Å². The third-order valence-electron chi connectivity index (χ3n) is 4.96. The Morgan fingerprint density at radius 1 is 1.35 bits per heavy atom. The van der Waals surface area contributed by atoms with E-state index in [1.165, 1.54) is 11.6 Å². The first-order chi connectivity index (χ1) is 12.5. The Balaban J connectivity index is 1.61. The van der Waals surface area contributed by atoms with E-state index in [2.05, 4.69) is 37.3 Å². The molecule has 0 saturated heterocycles. The Morgan fingerprint density at radius 3 is 3.04 bits per heavy atom. The van der Waals surface area contributed by atoms with Crippen molar-refractivity contribution in [2.75, 3.05) is 11.9 Å². The van der Waals surface area contributed by atoms with Crippen LogP contribution in [0.25, 0.3) is 0 Å². The number of nitrogens with zero attached hydrogens (tertiary/aromatic N) is 2. The standard InChI is InChI=1S/C19H20BrFN4O/c1-10-9-26-19(22)25-17(10)14-7-13(3-4-15(14)21)24-16-5-2-11-6-12(20)8-23-18(11)16/h3-4,6-8,10,16-17,24H,2,5,9H2,1H3,(H2,22,25)/t10-,16?,17?/m0/s1. The van der Waals surface area contributed by atoms with E-state index in [0.717, 1.165) is 28.7 Å². The summed E-state index contributed by atoms with van der Waals surface area (Å²) in [6.07, 6.45) is 3.76. The molecule has 3 atom stereocenters. The number of aliphatic imine (C=N–C) groups is 1. The summed E-state index contributed by atoms with van der Waals surface area (Å²) >= 11 is 3.47. The van der Waals surface area contributed by atoms with Crippen LogP contribution in [0, 0.1) is 11.7 Å². The summed E-state index contributed by atoms with van der Waals surface area (Å²) in [5, 5.41) is 3.49. The lowest BCUT2D eigenvalue weighted by Gasteiger charge is -2.26. The molecule has 0 radical (unpaired) electrons. The fourth-order valence-electron chi connectivity index (χ4n) is 3.63. The molecule has 0 spiro atoms. The van der Waals surface area contributed by atoms with Gasteiger partial charge >= 0.3 is 0 Å². The topological polar surface area (TPSA) is 72.5 Å². The highest BCUT2D eigenvalue weighted by Crippen LogP contribution is 2.36. The van der Waals surface area contributed by atoms with Crippen LogP contribution in [0.2, 0.25) is 0 Å². The van der Waals surface area contributed by atoms with Crippen LogP contribution in [0.1, 0.15) is 42.2 Å². The Hall–Kier alpha value is -2.15. The predicted octanol–water partition coefficient (Wildman–Crippen LogP) is 4.10. The molecule has 4 rings (SSSR count). The molecule has 1 aromatic carbocycles. The van der Waals surface area contributed by atoms with Crippen LogP contribution in [-0.2, 0) is 11.2 Å². The predicted molar refractivity (Wildman–Crippen MR) is 103 cm³/mol. The maximum absolute atomic E-state index is 14.5. The number of nitrogens with one attached hydrogen (secondary N) is 1. The van der Waals surface area contributed by atoms with Crippen molar-refractivity contribution in [3.8, 4) is 0 Å².